The van der Waals surface area contributed by atoms with Crippen molar-refractivity contribution in [3.63, 3.8) is 0 Å². The standard InChI is InChI=1S/C22H18ClN3OS/c1-15(16-10-12-17(23)13-11-16)25-24-14-22(27)26-18-6-2-4-8-20(18)28-21-9-5-3-7-19(21)26/h2-13,24H,14H2,1H3. The number of halogens is 1. The Morgan fingerprint density at radius 2 is 1.54 bits per heavy atom. The number of benzene rings is 3. The van der Waals surface area contributed by atoms with E-state index in [1.165, 1.54) is 0 Å². The highest BCUT2D eigenvalue weighted by atomic mass is 35.5. The Balaban J connectivity index is 1.54. The largest absolute Gasteiger partial charge is 0.300 e. The highest BCUT2D eigenvalue weighted by Gasteiger charge is 2.27. The summed E-state index contributed by atoms with van der Waals surface area (Å²) >= 11 is 7.60. The zero-order valence-corrected chi connectivity index (χ0v) is 16.8. The minimum absolute atomic E-state index is 0.0622. The highest BCUT2D eigenvalue weighted by Crippen LogP contribution is 2.47. The molecule has 0 aliphatic carbocycles. The minimum Gasteiger partial charge on any atom is -0.300 e. The number of anilines is 2. The van der Waals surface area contributed by atoms with Crippen molar-refractivity contribution in [2.45, 2.75) is 16.7 Å². The first kappa shape index (κ1) is 18.6. The van der Waals surface area contributed by atoms with Crippen LogP contribution in [0.15, 0.2) is 87.7 Å². The molecule has 1 heterocycles. The summed E-state index contributed by atoms with van der Waals surface area (Å²) in [5, 5.41) is 5.02. The summed E-state index contributed by atoms with van der Waals surface area (Å²) in [5.41, 5.74) is 6.46. The molecule has 1 amide bonds. The number of nitrogens with zero attached hydrogens (tertiary/aromatic N) is 2. The Bertz CT molecular complexity index is 1000. The lowest BCUT2D eigenvalue weighted by Crippen LogP contribution is -2.35. The fraction of sp³-hybridized carbons (Fsp3) is 0.0909. The third-order valence-corrected chi connectivity index (χ3v) is 5.80. The number of rotatable bonds is 4. The van der Waals surface area contributed by atoms with Crippen LogP contribution in [0.25, 0.3) is 0 Å². The highest BCUT2D eigenvalue weighted by molar-refractivity contribution is 7.99. The van der Waals surface area contributed by atoms with E-state index in [1.807, 2.05) is 79.7 Å². The molecule has 3 aromatic rings. The SMILES string of the molecule is CC(=NNCC(=O)N1c2ccccc2Sc2ccccc21)c1ccc(Cl)cc1. The second-order valence-corrected chi connectivity index (χ2v) is 7.83. The van der Waals surface area contributed by atoms with Crippen molar-refractivity contribution in [3.8, 4) is 0 Å². The molecular weight excluding hydrogens is 390 g/mol. The van der Waals surface area contributed by atoms with Crippen molar-refractivity contribution in [3.05, 3.63) is 83.4 Å². The molecule has 28 heavy (non-hydrogen) atoms. The predicted molar refractivity (Wildman–Crippen MR) is 116 cm³/mol. The van der Waals surface area contributed by atoms with Crippen LogP contribution < -0.4 is 10.3 Å². The lowest BCUT2D eigenvalue weighted by atomic mass is 10.1. The Morgan fingerprint density at radius 3 is 2.14 bits per heavy atom. The molecule has 0 unspecified atom stereocenters. The van der Waals surface area contributed by atoms with Crippen LogP contribution in [0.5, 0.6) is 0 Å². The second-order valence-electron chi connectivity index (χ2n) is 6.31. The summed E-state index contributed by atoms with van der Waals surface area (Å²) in [6, 6.07) is 23.3. The molecule has 0 saturated carbocycles. The van der Waals surface area contributed by atoms with Crippen molar-refractivity contribution in [2.24, 2.45) is 5.10 Å². The van der Waals surface area contributed by atoms with Crippen molar-refractivity contribution >= 4 is 46.4 Å². The summed E-state index contributed by atoms with van der Waals surface area (Å²) in [7, 11) is 0. The first-order valence-electron chi connectivity index (χ1n) is 8.85. The molecule has 3 aromatic carbocycles. The molecular formula is C22H18ClN3OS. The minimum atomic E-state index is -0.0622. The average molecular weight is 408 g/mol. The number of hydrogen-bond donors (Lipinski definition) is 1. The van der Waals surface area contributed by atoms with Gasteiger partial charge in [0.1, 0.15) is 6.54 Å². The van der Waals surface area contributed by atoms with Crippen molar-refractivity contribution < 1.29 is 4.79 Å². The number of carbonyl (C=O) groups excluding carboxylic acids is 1. The van der Waals surface area contributed by atoms with Gasteiger partial charge in [0.15, 0.2) is 0 Å². The zero-order valence-electron chi connectivity index (χ0n) is 15.2. The average Bonchev–Trinajstić information content (AvgIpc) is 2.72. The van der Waals surface area contributed by atoms with Gasteiger partial charge in [-0.25, -0.2) is 0 Å². The van der Waals surface area contributed by atoms with Gasteiger partial charge in [0.2, 0.25) is 0 Å². The van der Waals surface area contributed by atoms with Crippen LogP contribution in [0.2, 0.25) is 5.02 Å². The van der Waals surface area contributed by atoms with Crippen molar-refractivity contribution in [1.82, 2.24) is 5.43 Å². The second kappa shape index (κ2) is 8.09. The molecule has 0 spiro atoms. The summed E-state index contributed by atoms with van der Waals surface area (Å²) < 4.78 is 0. The zero-order chi connectivity index (χ0) is 19.5. The van der Waals surface area contributed by atoms with Gasteiger partial charge in [0.05, 0.1) is 17.1 Å². The molecule has 0 fully saturated rings. The van der Waals surface area contributed by atoms with Crippen LogP contribution in [0.3, 0.4) is 0 Å². The number of nitrogens with one attached hydrogen (secondary N) is 1. The van der Waals surface area contributed by atoms with Crippen LogP contribution in [0.1, 0.15) is 12.5 Å². The maximum Gasteiger partial charge on any atom is 0.252 e. The maximum atomic E-state index is 13.1. The van der Waals surface area contributed by atoms with E-state index in [0.717, 1.165) is 32.4 Å². The number of carbonyl (C=O) groups is 1. The Hall–Kier alpha value is -2.76. The van der Waals surface area contributed by atoms with E-state index < -0.39 is 0 Å². The first-order valence-corrected chi connectivity index (χ1v) is 10.0. The molecule has 1 N–H and O–H groups in total. The molecule has 1 aliphatic rings. The molecule has 6 heteroatoms. The Morgan fingerprint density at radius 1 is 0.964 bits per heavy atom. The van der Waals surface area contributed by atoms with Crippen LogP contribution in [-0.4, -0.2) is 18.2 Å². The van der Waals surface area contributed by atoms with Gasteiger partial charge < -0.3 is 5.43 Å². The van der Waals surface area contributed by atoms with E-state index in [4.69, 9.17) is 11.6 Å². The van der Waals surface area contributed by atoms with Crippen LogP contribution in [0, 0.1) is 0 Å². The Kier molecular flexibility index (Phi) is 5.37. The lowest BCUT2D eigenvalue weighted by Gasteiger charge is -2.30. The van der Waals surface area contributed by atoms with Crippen molar-refractivity contribution in [1.29, 1.82) is 0 Å². The third kappa shape index (κ3) is 3.77. The molecule has 4 rings (SSSR count). The number of fused-ring (bicyclic) bond motifs is 2. The normalized spacial score (nSPS) is 12.9. The van der Waals surface area contributed by atoms with Gasteiger partial charge in [-0.15, -0.1) is 0 Å². The molecule has 1 aliphatic heterocycles. The molecule has 140 valence electrons. The maximum absolute atomic E-state index is 13.1. The molecule has 0 radical (unpaired) electrons. The topological polar surface area (TPSA) is 44.7 Å². The van der Waals surface area contributed by atoms with Crippen molar-refractivity contribution in [2.75, 3.05) is 11.4 Å². The van der Waals surface area contributed by atoms with Gasteiger partial charge in [-0.05, 0) is 48.9 Å². The van der Waals surface area contributed by atoms with Crippen LogP contribution >= 0.6 is 23.4 Å². The van der Waals surface area contributed by atoms with Crippen LogP contribution in [-0.2, 0) is 4.79 Å². The monoisotopic (exact) mass is 407 g/mol. The first-order chi connectivity index (χ1) is 13.6. The molecule has 0 aromatic heterocycles. The number of para-hydroxylation sites is 2. The quantitative estimate of drug-likeness (QED) is 0.460. The summed E-state index contributed by atoms with van der Waals surface area (Å²) in [4.78, 5) is 16.9. The van der Waals surface area contributed by atoms with E-state index in [-0.39, 0.29) is 12.5 Å². The van der Waals surface area contributed by atoms with Gasteiger partial charge in [-0.1, -0.05) is 59.8 Å². The van der Waals surface area contributed by atoms with Crippen LogP contribution in [0.4, 0.5) is 11.4 Å². The summed E-state index contributed by atoms with van der Waals surface area (Å²) in [6.07, 6.45) is 0. The fourth-order valence-corrected chi connectivity index (χ4v) is 4.22. The lowest BCUT2D eigenvalue weighted by molar-refractivity contribution is -0.117. The summed E-state index contributed by atoms with van der Waals surface area (Å²) in [5.74, 6) is -0.0622. The van der Waals surface area contributed by atoms with E-state index in [1.54, 1.807) is 16.7 Å². The number of hydrazone groups is 1. The predicted octanol–water partition coefficient (Wildman–Crippen LogP) is 5.48. The van der Waals surface area contributed by atoms with Gasteiger partial charge in [-0.3, -0.25) is 9.69 Å². The smallest absolute Gasteiger partial charge is 0.252 e. The van der Waals surface area contributed by atoms with E-state index in [9.17, 15) is 4.79 Å². The number of hydrogen-bond acceptors (Lipinski definition) is 4. The third-order valence-electron chi connectivity index (χ3n) is 4.42. The molecule has 4 nitrogen and oxygen atoms in total. The van der Waals surface area contributed by atoms with E-state index >= 15 is 0 Å². The van der Waals surface area contributed by atoms with Gasteiger partial charge in [0.25, 0.3) is 5.91 Å². The molecule has 0 atom stereocenters. The van der Waals surface area contributed by atoms with Gasteiger partial charge in [0, 0.05) is 14.8 Å². The molecule has 0 saturated heterocycles. The summed E-state index contributed by atoms with van der Waals surface area (Å²) in [6.45, 7) is 1.99. The van der Waals surface area contributed by atoms with Gasteiger partial charge >= 0.3 is 0 Å². The molecule has 0 bridgehead atoms. The van der Waals surface area contributed by atoms with Gasteiger partial charge in [-0.2, -0.15) is 5.10 Å². The van der Waals surface area contributed by atoms with E-state index in [0.29, 0.717) is 5.02 Å². The Labute approximate surface area is 173 Å². The fourth-order valence-electron chi connectivity index (χ4n) is 3.03. The number of amides is 1. The van der Waals surface area contributed by atoms with E-state index in [2.05, 4.69) is 10.5 Å².